The van der Waals surface area contributed by atoms with E-state index in [1.807, 2.05) is 11.4 Å². The third kappa shape index (κ3) is 3.45. The van der Waals surface area contributed by atoms with Crippen LogP contribution in [0.4, 0.5) is 0 Å². The third-order valence-corrected chi connectivity index (χ3v) is 4.65. The van der Waals surface area contributed by atoms with Crippen molar-refractivity contribution in [3.63, 3.8) is 0 Å². The van der Waals surface area contributed by atoms with E-state index < -0.39 is 0 Å². The van der Waals surface area contributed by atoms with Gasteiger partial charge in [-0.2, -0.15) is 0 Å². The SMILES string of the molecule is CCCNC(c1sccc1Cl)C1CN(C)CCO1. The van der Waals surface area contributed by atoms with Crippen molar-refractivity contribution in [2.45, 2.75) is 25.5 Å². The average Bonchev–Trinajstić information content (AvgIpc) is 2.77. The number of morpholine rings is 1. The zero-order chi connectivity index (χ0) is 13.0. The molecule has 0 aromatic carbocycles. The van der Waals surface area contributed by atoms with E-state index in [9.17, 15) is 0 Å². The molecule has 0 spiro atoms. The van der Waals surface area contributed by atoms with Gasteiger partial charge in [0.2, 0.25) is 0 Å². The number of likely N-dealkylation sites (N-methyl/N-ethyl adjacent to an activating group) is 1. The molecule has 2 rings (SSSR count). The third-order valence-electron chi connectivity index (χ3n) is 3.21. The highest BCUT2D eigenvalue weighted by molar-refractivity contribution is 7.10. The van der Waals surface area contributed by atoms with Crippen LogP contribution in [0.2, 0.25) is 5.02 Å². The summed E-state index contributed by atoms with van der Waals surface area (Å²) >= 11 is 7.98. The molecule has 1 saturated heterocycles. The van der Waals surface area contributed by atoms with Gasteiger partial charge < -0.3 is 15.0 Å². The minimum atomic E-state index is 0.187. The van der Waals surface area contributed by atoms with Crippen molar-refractivity contribution in [3.05, 3.63) is 21.3 Å². The number of hydrogen-bond acceptors (Lipinski definition) is 4. The molecule has 3 nitrogen and oxygen atoms in total. The number of nitrogens with one attached hydrogen (secondary N) is 1. The Morgan fingerprint density at radius 2 is 2.50 bits per heavy atom. The number of rotatable bonds is 5. The zero-order valence-electron chi connectivity index (χ0n) is 11.0. The predicted octanol–water partition coefficient (Wildman–Crippen LogP) is 2.77. The number of halogens is 1. The number of thiophene rings is 1. The van der Waals surface area contributed by atoms with E-state index in [4.69, 9.17) is 16.3 Å². The number of nitrogens with zero attached hydrogens (tertiary/aromatic N) is 1. The summed E-state index contributed by atoms with van der Waals surface area (Å²) < 4.78 is 5.93. The molecule has 18 heavy (non-hydrogen) atoms. The van der Waals surface area contributed by atoms with Crippen LogP contribution in [-0.4, -0.2) is 44.3 Å². The van der Waals surface area contributed by atoms with E-state index in [0.29, 0.717) is 0 Å². The Morgan fingerprint density at radius 1 is 1.67 bits per heavy atom. The monoisotopic (exact) mass is 288 g/mol. The lowest BCUT2D eigenvalue weighted by atomic mass is 10.1. The van der Waals surface area contributed by atoms with Crippen LogP contribution in [0.1, 0.15) is 24.3 Å². The molecule has 102 valence electrons. The Hall–Kier alpha value is -0.130. The summed E-state index contributed by atoms with van der Waals surface area (Å²) in [5.74, 6) is 0. The summed E-state index contributed by atoms with van der Waals surface area (Å²) in [4.78, 5) is 3.52. The van der Waals surface area contributed by atoms with E-state index in [0.717, 1.165) is 37.7 Å². The molecule has 2 heterocycles. The molecule has 0 bridgehead atoms. The number of hydrogen-bond donors (Lipinski definition) is 1. The maximum absolute atomic E-state index is 6.27. The second-order valence-electron chi connectivity index (χ2n) is 4.74. The molecular weight excluding hydrogens is 268 g/mol. The van der Waals surface area contributed by atoms with E-state index in [2.05, 4.69) is 24.2 Å². The van der Waals surface area contributed by atoms with Crippen LogP contribution in [0.15, 0.2) is 11.4 Å². The molecule has 1 fully saturated rings. The first kappa shape index (κ1) is 14.3. The van der Waals surface area contributed by atoms with Gasteiger partial charge in [0.15, 0.2) is 0 Å². The highest BCUT2D eigenvalue weighted by Crippen LogP contribution is 2.32. The summed E-state index contributed by atoms with van der Waals surface area (Å²) in [6.07, 6.45) is 1.30. The van der Waals surface area contributed by atoms with E-state index in [1.165, 1.54) is 4.88 Å². The van der Waals surface area contributed by atoms with Gasteiger partial charge >= 0.3 is 0 Å². The molecule has 1 aromatic heterocycles. The molecule has 0 saturated carbocycles. The predicted molar refractivity (Wildman–Crippen MR) is 77.6 cm³/mol. The fraction of sp³-hybridized carbons (Fsp3) is 0.692. The molecule has 5 heteroatoms. The van der Waals surface area contributed by atoms with Crippen molar-refractivity contribution in [2.75, 3.05) is 33.3 Å². The fourth-order valence-electron chi connectivity index (χ4n) is 2.23. The first-order valence-electron chi connectivity index (χ1n) is 6.48. The van der Waals surface area contributed by atoms with Gasteiger partial charge in [-0.15, -0.1) is 11.3 Å². The van der Waals surface area contributed by atoms with Crippen molar-refractivity contribution in [1.29, 1.82) is 0 Å². The van der Waals surface area contributed by atoms with Gasteiger partial charge in [-0.05, 0) is 31.5 Å². The molecule has 1 aliphatic heterocycles. The quantitative estimate of drug-likeness (QED) is 0.902. The van der Waals surface area contributed by atoms with Gasteiger partial charge in [-0.3, -0.25) is 0 Å². The zero-order valence-corrected chi connectivity index (χ0v) is 12.6. The van der Waals surface area contributed by atoms with Crippen LogP contribution in [0.25, 0.3) is 0 Å². The maximum Gasteiger partial charge on any atom is 0.0905 e. The van der Waals surface area contributed by atoms with Crippen LogP contribution < -0.4 is 5.32 Å². The smallest absolute Gasteiger partial charge is 0.0905 e. The number of ether oxygens (including phenoxy) is 1. The van der Waals surface area contributed by atoms with Gasteiger partial charge in [0.05, 0.1) is 23.8 Å². The largest absolute Gasteiger partial charge is 0.374 e. The van der Waals surface area contributed by atoms with E-state index >= 15 is 0 Å². The fourth-order valence-corrected chi connectivity index (χ4v) is 3.53. The molecule has 0 radical (unpaired) electrons. The lowest BCUT2D eigenvalue weighted by Gasteiger charge is -2.35. The lowest BCUT2D eigenvalue weighted by Crippen LogP contribution is -2.46. The minimum Gasteiger partial charge on any atom is -0.374 e. The Labute approximate surface area is 118 Å². The molecule has 1 aliphatic rings. The molecule has 1 N–H and O–H groups in total. The van der Waals surface area contributed by atoms with Crippen LogP contribution in [0, 0.1) is 0 Å². The summed E-state index contributed by atoms with van der Waals surface area (Å²) in [6.45, 7) is 5.93. The van der Waals surface area contributed by atoms with E-state index in [-0.39, 0.29) is 12.1 Å². The molecular formula is C13H21ClN2OS. The molecule has 2 atom stereocenters. The molecule has 0 amide bonds. The Kier molecular flexibility index (Phi) is 5.45. The van der Waals surface area contributed by atoms with Crippen molar-refractivity contribution in [2.24, 2.45) is 0 Å². The normalized spacial score (nSPS) is 23.2. The summed E-state index contributed by atoms with van der Waals surface area (Å²) in [5, 5.41) is 6.48. The van der Waals surface area contributed by atoms with Crippen LogP contribution >= 0.6 is 22.9 Å². The van der Waals surface area contributed by atoms with Crippen LogP contribution in [-0.2, 0) is 4.74 Å². The first-order chi connectivity index (χ1) is 8.72. The lowest BCUT2D eigenvalue weighted by molar-refractivity contribution is -0.0386. The molecule has 2 unspecified atom stereocenters. The Bertz CT molecular complexity index is 372. The highest BCUT2D eigenvalue weighted by atomic mass is 35.5. The summed E-state index contributed by atoms with van der Waals surface area (Å²) in [5.41, 5.74) is 0. The van der Waals surface area contributed by atoms with Gasteiger partial charge in [0.1, 0.15) is 0 Å². The van der Waals surface area contributed by atoms with Gasteiger partial charge in [-0.1, -0.05) is 18.5 Å². The van der Waals surface area contributed by atoms with E-state index in [1.54, 1.807) is 11.3 Å². The minimum absolute atomic E-state index is 0.187. The second-order valence-corrected chi connectivity index (χ2v) is 6.09. The summed E-state index contributed by atoms with van der Waals surface area (Å²) in [7, 11) is 2.14. The van der Waals surface area contributed by atoms with Gasteiger partial charge in [-0.25, -0.2) is 0 Å². The van der Waals surface area contributed by atoms with Crippen molar-refractivity contribution < 1.29 is 4.74 Å². The van der Waals surface area contributed by atoms with Crippen molar-refractivity contribution >= 4 is 22.9 Å². The van der Waals surface area contributed by atoms with Gasteiger partial charge in [0, 0.05) is 18.0 Å². The first-order valence-corrected chi connectivity index (χ1v) is 7.74. The van der Waals surface area contributed by atoms with Crippen molar-refractivity contribution in [1.82, 2.24) is 10.2 Å². The second kappa shape index (κ2) is 6.87. The Morgan fingerprint density at radius 3 is 3.11 bits per heavy atom. The molecule has 1 aromatic rings. The van der Waals surface area contributed by atoms with Gasteiger partial charge in [0.25, 0.3) is 0 Å². The van der Waals surface area contributed by atoms with Crippen molar-refractivity contribution in [3.8, 4) is 0 Å². The van der Waals surface area contributed by atoms with Crippen LogP contribution in [0.3, 0.4) is 0 Å². The standard InChI is InChI=1S/C13H21ClN2OS/c1-3-5-15-12(13-10(14)4-8-18-13)11-9-16(2)6-7-17-11/h4,8,11-12,15H,3,5-7,9H2,1-2H3. The average molecular weight is 289 g/mol. The molecule has 0 aliphatic carbocycles. The summed E-state index contributed by atoms with van der Waals surface area (Å²) in [6, 6.07) is 2.18. The topological polar surface area (TPSA) is 24.5 Å². The highest BCUT2D eigenvalue weighted by Gasteiger charge is 2.29. The van der Waals surface area contributed by atoms with Crippen LogP contribution in [0.5, 0.6) is 0 Å². The Balaban J connectivity index is 2.11. The maximum atomic E-state index is 6.27.